The van der Waals surface area contributed by atoms with Crippen LogP contribution in [0.1, 0.15) is 22.7 Å². The summed E-state index contributed by atoms with van der Waals surface area (Å²) in [7, 11) is 1.90. The van der Waals surface area contributed by atoms with Crippen molar-refractivity contribution in [2.24, 2.45) is 0 Å². The van der Waals surface area contributed by atoms with Crippen LogP contribution in [-0.2, 0) is 0 Å². The summed E-state index contributed by atoms with van der Waals surface area (Å²) in [6, 6.07) is 15.4. The van der Waals surface area contributed by atoms with Crippen LogP contribution in [0.2, 0.25) is 0 Å². The lowest BCUT2D eigenvalue weighted by atomic mass is 9.97. The SMILES string of the molecule is CNC(c1ccc(F)c(C)c1)c1cnc2ccccc2c1. The van der Waals surface area contributed by atoms with Crippen molar-refractivity contribution in [3.05, 3.63) is 77.2 Å². The summed E-state index contributed by atoms with van der Waals surface area (Å²) in [5.41, 5.74) is 3.74. The Labute approximate surface area is 123 Å². The third kappa shape index (κ3) is 2.65. The molecule has 0 aliphatic rings. The highest BCUT2D eigenvalue weighted by atomic mass is 19.1. The molecule has 0 radical (unpaired) electrons. The Bertz CT molecular complexity index is 783. The number of nitrogens with one attached hydrogen (secondary N) is 1. The molecule has 0 aliphatic heterocycles. The van der Waals surface area contributed by atoms with Crippen molar-refractivity contribution in [2.45, 2.75) is 13.0 Å². The fourth-order valence-corrected chi connectivity index (χ4v) is 2.62. The van der Waals surface area contributed by atoms with Crippen LogP contribution in [0, 0.1) is 12.7 Å². The topological polar surface area (TPSA) is 24.9 Å². The van der Waals surface area contributed by atoms with E-state index < -0.39 is 0 Å². The van der Waals surface area contributed by atoms with E-state index in [1.54, 1.807) is 6.92 Å². The number of rotatable bonds is 3. The number of fused-ring (bicyclic) bond motifs is 1. The molecule has 0 bridgehead atoms. The van der Waals surface area contributed by atoms with E-state index in [1.807, 2.05) is 43.6 Å². The summed E-state index contributed by atoms with van der Waals surface area (Å²) in [6.45, 7) is 1.78. The molecule has 0 aliphatic carbocycles. The van der Waals surface area contributed by atoms with Gasteiger partial charge >= 0.3 is 0 Å². The molecule has 3 rings (SSSR count). The second-order valence-corrected chi connectivity index (χ2v) is 5.19. The maximum Gasteiger partial charge on any atom is 0.126 e. The highest BCUT2D eigenvalue weighted by Crippen LogP contribution is 2.25. The molecule has 1 atom stereocenters. The number of benzene rings is 2. The van der Waals surface area contributed by atoms with Crippen LogP contribution < -0.4 is 5.32 Å². The van der Waals surface area contributed by atoms with Crippen LogP contribution in [0.5, 0.6) is 0 Å². The van der Waals surface area contributed by atoms with Crippen molar-refractivity contribution in [1.82, 2.24) is 10.3 Å². The van der Waals surface area contributed by atoms with E-state index in [9.17, 15) is 4.39 Å². The highest BCUT2D eigenvalue weighted by molar-refractivity contribution is 5.79. The zero-order valence-corrected chi connectivity index (χ0v) is 12.1. The number of hydrogen-bond acceptors (Lipinski definition) is 2. The van der Waals surface area contributed by atoms with Gasteiger partial charge in [0.05, 0.1) is 11.6 Å². The molecule has 106 valence electrons. The molecule has 2 nitrogen and oxygen atoms in total. The largest absolute Gasteiger partial charge is 0.309 e. The Morgan fingerprint density at radius 2 is 1.86 bits per heavy atom. The minimum absolute atomic E-state index is 0.00130. The molecule has 0 saturated carbocycles. The third-order valence-corrected chi connectivity index (χ3v) is 3.75. The molecule has 0 fully saturated rings. The van der Waals surface area contributed by atoms with E-state index in [1.165, 1.54) is 6.07 Å². The van der Waals surface area contributed by atoms with Gasteiger partial charge in [-0.2, -0.15) is 0 Å². The van der Waals surface area contributed by atoms with Gasteiger partial charge in [0.25, 0.3) is 0 Å². The summed E-state index contributed by atoms with van der Waals surface area (Å²) in [5.74, 6) is -0.176. The van der Waals surface area contributed by atoms with Gasteiger partial charge in [-0.25, -0.2) is 4.39 Å². The van der Waals surface area contributed by atoms with Crippen LogP contribution in [0.15, 0.2) is 54.7 Å². The van der Waals surface area contributed by atoms with Crippen molar-refractivity contribution in [2.75, 3.05) is 7.05 Å². The lowest BCUT2D eigenvalue weighted by Crippen LogP contribution is -2.18. The van der Waals surface area contributed by atoms with E-state index in [0.29, 0.717) is 5.56 Å². The standard InChI is InChI=1S/C18H17FN2/c1-12-9-14(7-8-16(12)19)18(20-2)15-10-13-5-3-4-6-17(13)21-11-15/h3-11,18,20H,1-2H3. The average Bonchev–Trinajstić information content (AvgIpc) is 2.51. The third-order valence-electron chi connectivity index (χ3n) is 3.75. The molecule has 2 aromatic carbocycles. The lowest BCUT2D eigenvalue weighted by molar-refractivity contribution is 0.614. The molecule has 3 aromatic rings. The molecule has 1 aromatic heterocycles. The summed E-state index contributed by atoms with van der Waals surface area (Å²) in [4.78, 5) is 4.50. The van der Waals surface area contributed by atoms with Gasteiger partial charge in [0.2, 0.25) is 0 Å². The van der Waals surface area contributed by atoms with Crippen molar-refractivity contribution in [1.29, 1.82) is 0 Å². The molecule has 0 saturated heterocycles. The van der Waals surface area contributed by atoms with Crippen LogP contribution >= 0.6 is 0 Å². The smallest absolute Gasteiger partial charge is 0.126 e. The van der Waals surface area contributed by atoms with E-state index in [0.717, 1.165) is 22.0 Å². The number of hydrogen-bond donors (Lipinski definition) is 1. The fraction of sp³-hybridized carbons (Fsp3) is 0.167. The predicted octanol–water partition coefficient (Wildman–Crippen LogP) is 3.99. The van der Waals surface area contributed by atoms with Gasteiger partial charge in [0.15, 0.2) is 0 Å². The number of aromatic nitrogens is 1. The van der Waals surface area contributed by atoms with Crippen molar-refractivity contribution >= 4 is 10.9 Å². The van der Waals surface area contributed by atoms with Crippen molar-refractivity contribution < 1.29 is 4.39 Å². The number of pyridine rings is 1. The molecular formula is C18H17FN2. The Balaban J connectivity index is 2.06. The minimum Gasteiger partial charge on any atom is -0.309 e. The molecule has 1 unspecified atom stereocenters. The van der Waals surface area contributed by atoms with E-state index in [2.05, 4.69) is 22.4 Å². The molecule has 1 heterocycles. The normalized spacial score (nSPS) is 12.5. The summed E-state index contributed by atoms with van der Waals surface area (Å²) in [6.07, 6.45) is 1.88. The minimum atomic E-state index is -0.176. The monoisotopic (exact) mass is 280 g/mol. The van der Waals surface area contributed by atoms with E-state index in [4.69, 9.17) is 0 Å². The van der Waals surface area contributed by atoms with Gasteiger partial charge < -0.3 is 5.32 Å². The highest BCUT2D eigenvalue weighted by Gasteiger charge is 2.14. The van der Waals surface area contributed by atoms with E-state index >= 15 is 0 Å². The Hall–Kier alpha value is -2.26. The number of halogens is 1. The molecule has 0 spiro atoms. The number of nitrogens with zero attached hydrogens (tertiary/aromatic N) is 1. The molecule has 1 N–H and O–H groups in total. The van der Waals surface area contributed by atoms with Crippen LogP contribution in [0.25, 0.3) is 10.9 Å². The van der Waals surface area contributed by atoms with E-state index in [-0.39, 0.29) is 11.9 Å². The second kappa shape index (κ2) is 5.62. The van der Waals surface area contributed by atoms with Gasteiger partial charge in [0.1, 0.15) is 5.82 Å². The molecule has 0 amide bonds. The fourth-order valence-electron chi connectivity index (χ4n) is 2.62. The maximum absolute atomic E-state index is 13.4. The lowest BCUT2D eigenvalue weighted by Gasteiger charge is -2.18. The Kier molecular flexibility index (Phi) is 3.67. The first-order chi connectivity index (χ1) is 10.2. The Morgan fingerprint density at radius 3 is 2.62 bits per heavy atom. The zero-order chi connectivity index (χ0) is 14.8. The van der Waals surface area contributed by atoms with Gasteiger partial charge in [-0.1, -0.05) is 30.3 Å². The van der Waals surface area contributed by atoms with Crippen LogP contribution in [-0.4, -0.2) is 12.0 Å². The van der Waals surface area contributed by atoms with Gasteiger partial charge in [-0.3, -0.25) is 4.98 Å². The first-order valence-electron chi connectivity index (χ1n) is 6.97. The van der Waals surface area contributed by atoms with Gasteiger partial charge in [0, 0.05) is 11.6 Å². The van der Waals surface area contributed by atoms with Crippen LogP contribution in [0.3, 0.4) is 0 Å². The van der Waals surface area contributed by atoms with Crippen molar-refractivity contribution in [3.63, 3.8) is 0 Å². The first kappa shape index (κ1) is 13.7. The molecular weight excluding hydrogens is 263 g/mol. The average molecular weight is 280 g/mol. The maximum atomic E-state index is 13.4. The van der Waals surface area contributed by atoms with Crippen LogP contribution in [0.4, 0.5) is 4.39 Å². The number of para-hydroxylation sites is 1. The zero-order valence-electron chi connectivity index (χ0n) is 12.1. The van der Waals surface area contributed by atoms with Gasteiger partial charge in [-0.05, 0) is 48.9 Å². The first-order valence-corrected chi connectivity index (χ1v) is 6.97. The second-order valence-electron chi connectivity index (χ2n) is 5.19. The molecule has 3 heteroatoms. The Morgan fingerprint density at radius 1 is 1.05 bits per heavy atom. The quantitative estimate of drug-likeness (QED) is 0.784. The summed E-state index contributed by atoms with van der Waals surface area (Å²) < 4.78 is 13.4. The predicted molar refractivity (Wildman–Crippen MR) is 83.8 cm³/mol. The summed E-state index contributed by atoms with van der Waals surface area (Å²) in [5, 5.41) is 4.39. The molecule has 21 heavy (non-hydrogen) atoms. The number of aryl methyl sites for hydroxylation is 1. The van der Waals surface area contributed by atoms with Gasteiger partial charge in [-0.15, -0.1) is 0 Å². The van der Waals surface area contributed by atoms with Crippen molar-refractivity contribution in [3.8, 4) is 0 Å². The summed E-state index contributed by atoms with van der Waals surface area (Å²) >= 11 is 0.